The number of rotatable bonds is 5. The van der Waals surface area contributed by atoms with E-state index >= 15 is 0 Å². The van der Waals surface area contributed by atoms with E-state index in [1.165, 1.54) is 37.9 Å². The van der Waals surface area contributed by atoms with Gasteiger partial charge < -0.3 is 15.5 Å². The Morgan fingerprint density at radius 1 is 0.840 bits per heavy atom. The van der Waals surface area contributed by atoms with Crippen LogP contribution in [0.3, 0.4) is 0 Å². The SMILES string of the molecule is CC(CO)(CO)NCc1cc2cccc3ccc4cccc1c4c32.Cl. The molecule has 0 aliphatic rings. The third kappa shape index (κ3) is 2.94. The molecule has 4 aromatic rings. The lowest BCUT2D eigenvalue weighted by molar-refractivity contribution is 0.103. The van der Waals surface area contributed by atoms with Crippen LogP contribution in [0.5, 0.6) is 0 Å². The van der Waals surface area contributed by atoms with Crippen molar-refractivity contribution in [2.24, 2.45) is 0 Å². The summed E-state index contributed by atoms with van der Waals surface area (Å²) in [6.07, 6.45) is 0. The van der Waals surface area contributed by atoms with Crippen LogP contribution in [0, 0.1) is 0 Å². The number of nitrogens with one attached hydrogen (secondary N) is 1. The summed E-state index contributed by atoms with van der Waals surface area (Å²) in [5, 5.41) is 29.9. The molecule has 130 valence electrons. The van der Waals surface area contributed by atoms with Gasteiger partial charge in [-0.25, -0.2) is 0 Å². The van der Waals surface area contributed by atoms with Crippen LogP contribution in [0.15, 0.2) is 54.6 Å². The van der Waals surface area contributed by atoms with Crippen molar-refractivity contribution in [1.29, 1.82) is 0 Å². The van der Waals surface area contributed by atoms with E-state index in [-0.39, 0.29) is 25.6 Å². The predicted octanol–water partition coefficient (Wildman–Crippen LogP) is 3.84. The summed E-state index contributed by atoms with van der Waals surface area (Å²) >= 11 is 0. The van der Waals surface area contributed by atoms with Crippen molar-refractivity contribution in [3.63, 3.8) is 0 Å². The normalized spacial score (nSPS) is 12.1. The van der Waals surface area contributed by atoms with Crippen LogP contribution in [0.25, 0.3) is 32.3 Å². The Kier molecular flexibility index (Phi) is 4.85. The summed E-state index contributed by atoms with van der Waals surface area (Å²) in [5.41, 5.74) is 0.498. The Labute approximate surface area is 153 Å². The molecule has 0 heterocycles. The number of hydrogen-bond donors (Lipinski definition) is 3. The van der Waals surface area contributed by atoms with E-state index in [0.29, 0.717) is 6.54 Å². The van der Waals surface area contributed by atoms with Gasteiger partial charge in [0.15, 0.2) is 0 Å². The van der Waals surface area contributed by atoms with Crippen LogP contribution < -0.4 is 5.32 Å². The van der Waals surface area contributed by atoms with E-state index in [1.54, 1.807) is 0 Å². The summed E-state index contributed by atoms with van der Waals surface area (Å²) in [6.45, 7) is 2.22. The molecule has 0 fully saturated rings. The van der Waals surface area contributed by atoms with Gasteiger partial charge in [-0.2, -0.15) is 0 Å². The lowest BCUT2D eigenvalue weighted by atomic mass is 9.91. The fraction of sp³-hybridized carbons (Fsp3) is 0.238. The van der Waals surface area contributed by atoms with Gasteiger partial charge in [-0.1, -0.05) is 48.5 Å². The van der Waals surface area contributed by atoms with Crippen molar-refractivity contribution < 1.29 is 10.2 Å². The summed E-state index contributed by atoms with van der Waals surface area (Å²) in [4.78, 5) is 0. The quantitative estimate of drug-likeness (QED) is 0.477. The van der Waals surface area contributed by atoms with Crippen LogP contribution in [-0.4, -0.2) is 29.0 Å². The average Bonchev–Trinajstić information content (AvgIpc) is 2.64. The fourth-order valence-electron chi connectivity index (χ4n) is 3.45. The van der Waals surface area contributed by atoms with Gasteiger partial charge in [-0.3, -0.25) is 0 Å². The number of benzene rings is 4. The summed E-state index contributed by atoms with van der Waals surface area (Å²) < 4.78 is 0. The van der Waals surface area contributed by atoms with E-state index in [4.69, 9.17) is 0 Å². The first-order valence-corrected chi connectivity index (χ1v) is 8.27. The van der Waals surface area contributed by atoms with Gasteiger partial charge in [-0.05, 0) is 50.9 Å². The highest BCUT2D eigenvalue weighted by Crippen LogP contribution is 2.36. The van der Waals surface area contributed by atoms with Gasteiger partial charge in [0.05, 0.1) is 18.8 Å². The Balaban J connectivity index is 0.00000182. The molecule has 0 bridgehead atoms. The fourth-order valence-corrected chi connectivity index (χ4v) is 3.45. The van der Waals surface area contributed by atoms with Crippen molar-refractivity contribution in [2.45, 2.75) is 19.0 Å². The van der Waals surface area contributed by atoms with Gasteiger partial charge in [0.1, 0.15) is 0 Å². The molecular formula is C21H22ClNO2. The highest BCUT2D eigenvalue weighted by molar-refractivity contribution is 6.23. The monoisotopic (exact) mass is 355 g/mol. The molecule has 0 aromatic heterocycles. The molecule has 3 N–H and O–H groups in total. The van der Waals surface area contributed by atoms with Crippen molar-refractivity contribution in [3.8, 4) is 0 Å². The number of aliphatic hydroxyl groups is 2. The first-order valence-electron chi connectivity index (χ1n) is 8.27. The highest BCUT2D eigenvalue weighted by atomic mass is 35.5. The van der Waals surface area contributed by atoms with E-state index in [0.717, 1.165) is 0 Å². The smallest absolute Gasteiger partial charge is 0.0633 e. The summed E-state index contributed by atoms with van der Waals surface area (Å²) in [6, 6.07) is 19.3. The maximum atomic E-state index is 9.51. The standard InChI is InChI=1S/C21H21NO2.ClH/c1-21(12-23,13-24)22-11-17-10-16-6-2-4-14-8-9-15-5-3-7-18(17)20(15)19(14)16;/h2-10,22-24H,11-13H2,1H3;1H. The first-order chi connectivity index (χ1) is 11.6. The van der Waals surface area contributed by atoms with Gasteiger partial charge in [-0.15, -0.1) is 12.4 Å². The molecule has 4 rings (SSSR count). The lowest BCUT2D eigenvalue weighted by Crippen LogP contribution is -2.48. The molecular weight excluding hydrogens is 334 g/mol. The molecule has 25 heavy (non-hydrogen) atoms. The van der Waals surface area contributed by atoms with E-state index in [9.17, 15) is 10.2 Å². The average molecular weight is 356 g/mol. The van der Waals surface area contributed by atoms with Crippen LogP contribution in [0.1, 0.15) is 12.5 Å². The van der Waals surface area contributed by atoms with E-state index < -0.39 is 5.54 Å². The van der Waals surface area contributed by atoms with Crippen LogP contribution >= 0.6 is 12.4 Å². The second kappa shape index (κ2) is 6.77. The molecule has 4 aromatic carbocycles. The summed E-state index contributed by atoms with van der Waals surface area (Å²) in [5.74, 6) is 0. The van der Waals surface area contributed by atoms with E-state index in [2.05, 4.69) is 59.9 Å². The zero-order valence-electron chi connectivity index (χ0n) is 14.1. The minimum Gasteiger partial charge on any atom is -0.394 e. The van der Waals surface area contributed by atoms with Crippen LogP contribution in [-0.2, 0) is 6.54 Å². The van der Waals surface area contributed by atoms with Crippen molar-refractivity contribution in [2.75, 3.05) is 13.2 Å². The van der Waals surface area contributed by atoms with Gasteiger partial charge in [0, 0.05) is 6.54 Å². The number of aliphatic hydroxyl groups excluding tert-OH is 2. The zero-order chi connectivity index (χ0) is 16.7. The lowest BCUT2D eigenvalue weighted by Gasteiger charge is -2.27. The molecule has 0 spiro atoms. The Bertz CT molecular complexity index is 1010. The maximum absolute atomic E-state index is 9.51. The second-order valence-corrected chi connectivity index (χ2v) is 6.81. The summed E-state index contributed by atoms with van der Waals surface area (Å²) in [7, 11) is 0. The Hall–Kier alpha value is -1.91. The van der Waals surface area contributed by atoms with Crippen LogP contribution in [0.4, 0.5) is 0 Å². The number of halogens is 1. The zero-order valence-corrected chi connectivity index (χ0v) is 14.9. The van der Waals surface area contributed by atoms with Crippen molar-refractivity contribution in [3.05, 3.63) is 60.2 Å². The molecule has 0 aliphatic heterocycles. The van der Waals surface area contributed by atoms with Gasteiger partial charge in [0.25, 0.3) is 0 Å². The number of hydrogen-bond acceptors (Lipinski definition) is 3. The molecule has 0 saturated carbocycles. The predicted molar refractivity (Wildman–Crippen MR) is 107 cm³/mol. The minimum absolute atomic E-state index is 0. The molecule has 0 radical (unpaired) electrons. The third-order valence-corrected chi connectivity index (χ3v) is 5.00. The maximum Gasteiger partial charge on any atom is 0.0633 e. The largest absolute Gasteiger partial charge is 0.394 e. The Morgan fingerprint density at radius 2 is 1.44 bits per heavy atom. The molecule has 0 aliphatic carbocycles. The molecule has 0 amide bonds. The molecule has 0 unspecified atom stereocenters. The van der Waals surface area contributed by atoms with Crippen LogP contribution in [0.2, 0.25) is 0 Å². The molecule has 0 saturated heterocycles. The molecule has 3 nitrogen and oxygen atoms in total. The van der Waals surface area contributed by atoms with Crippen molar-refractivity contribution in [1.82, 2.24) is 5.32 Å². The topological polar surface area (TPSA) is 52.5 Å². The molecule has 0 atom stereocenters. The van der Waals surface area contributed by atoms with E-state index in [1.807, 2.05) is 6.92 Å². The van der Waals surface area contributed by atoms with Gasteiger partial charge in [0.2, 0.25) is 0 Å². The highest BCUT2D eigenvalue weighted by Gasteiger charge is 2.22. The molecule has 4 heteroatoms. The first kappa shape index (κ1) is 17.9. The van der Waals surface area contributed by atoms with Gasteiger partial charge >= 0.3 is 0 Å². The second-order valence-electron chi connectivity index (χ2n) is 6.81. The third-order valence-electron chi connectivity index (χ3n) is 5.00. The minimum atomic E-state index is -0.683. The van der Waals surface area contributed by atoms with Crippen molar-refractivity contribution >= 4 is 44.7 Å². The Morgan fingerprint density at radius 3 is 2.12 bits per heavy atom.